The Balaban J connectivity index is 1.91. The van der Waals surface area contributed by atoms with E-state index in [9.17, 15) is 0 Å². The third-order valence-corrected chi connectivity index (χ3v) is 3.15. The van der Waals surface area contributed by atoms with E-state index in [1.807, 2.05) is 0 Å². The van der Waals surface area contributed by atoms with Crippen LogP contribution in [0.1, 0.15) is 37.5 Å². The molecule has 102 valence electrons. The number of nitrogens with one attached hydrogen (secondary N) is 1. The molecule has 0 aliphatic carbocycles. The van der Waals surface area contributed by atoms with Crippen molar-refractivity contribution in [3.8, 4) is 0 Å². The first-order valence-electron chi connectivity index (χ1n) is 6.78. The molecule has 2 rings (SSSR count). The van der Waals surface area contributed by atoms with Crippen LogP contribution in [0.5, 0.6) is 0 Å². The standard InChI is InChI=1S/C12H23N5O/c1-2-6-17-7-8-18-10(9-17)12-14-11(15-16-12)4-3-5-13/h10H,2-9,13H2,1H3,(H,14,15,16). The number of morpholine rings is 1. The summed E-state index contributed by atoms with van der Waals surface area (Å²) in [5.74, 6) is 1.69. The minimum atomic E-state index is 0.00757. The lowest BCUT2D eigenvalue weighted by Gasteiger charge is -2.31. The second-order valence-electron chi connectivity index (χ2n) is 4.69. The van der Waals surface area contributed by atoms with Crippen LogP contribution in [0.2, 0.25) is 0 Å². The highest BCUT2D eigenvalue weighted by atomic mass is 16.5. The maximum absolute atomic E-state index is 5.75. The summed E-state index contributed by atoms with van der Waals surface area (Å²) in [6.45, 7) is 6.65. The average molecular weight is 253 g/mol. The lowest BCUT2D eigenvalue weighted by Crippen LogP contribution is -2.39. The number of aryl methyl sites for hydroxylation is 1. The number of aromatic nitrogens is 3. The zero-order valence-corrected chi connectivity index (χ0v) is 11.1. The van der Waals surface area contributed by atoms with Gasteiger partial charge in [0.2, 0.25) is 0 Å². The van der Waals surface area contributed by atoms with Crippen molar-refractivity contribution in [1.82, 2.24) is 20.1 Å². The van der Waals surface area contributed by atoms with Crippen LogP contribution in [0.3, 0.4) is 0 Å². The molecule has 1 aromatic rings. The molecule has 3 N–H and O–H groups in total. The molecule has 1 aromatic heterocycles. The third-order valence-electron chi connectivity index (χ3n) is 3.15. The van der Waals surface area contributed by atoms with Gasteiger partial charge in [-0.3, -0.25) is 10.00 Å². The number of ether oxygens (including phenoxy) is 1. The third kappa shape index (κ3) is 3.51. The van der Waals surface area contributed by atoms with E-state index >= 15 is 0 Å². The van der Waals surface area contributed by atoms with Gasteiger partial charge < -0.3 is 10.5 Å². The maximum Gasteiger partial charge on any atom is 0.180 e. The van der Waals surface area contributed by atoms with Crippen molar-refractivity contribution in [2.75, 3.05) is 32.8 Å². The lowest BCUT2D eigenvalue weighted by molar-refractivity contribution is -0.0340. The molecule has 6 heteroatoms. The van der Waals surface area contributed by atoms with Gasteiger partial charge in [-0.25, -0.2) is 4.98 Å². The summed E-state index contributed by atoms with van der Waals surface area (Å²) in [6, 6.07) is 0. The van der Waals surface area contributed by atoms with Crippen LogP contribution in [0.25, 0.3) is 0 Å². The highest BCUT2D eigenvalue weighted by Gasteiger charge is 2.24. The van der Waals surface area contributed by atoms with Gasteiger partial charge in [0.1, 0.15) is 11.9 Å². The first-order valence-corrected chi connectivity index (χ1v) is 6.78. The fraction of sp³-hybridized carbons (Fsp3) is 0.833. The van der Waals surface area contributed by atoms with E-state index in [1.165, 1.54) is 6.42 Å². The van der Waals surface area contributed by atoms with Crippen LogP contribution >= 0.6 is 0 Å². The van der Waals surface area contributed by atoms with Crippen molar-refractivity contribution in [3.05, 3.63) is 11.6 Å². The van der Waals surface area contributed by atoms with E-state index in [1.54, 1.807) is 0 Å². The highest BCUT2D eigenvalue weighted by molar-refractivity contribution is 4.97. The van der Waals surface area contributed by atoms with E-state index in [4.69, 9.17) is 10.5 Å². The number of hydrogen-bond acceptors (Lipinski definition) is 5. The largest absolute Gasteiger partial charge is 0.367 e. The number of H-pyrrole nitrogens is 1. The van der Waals surface area contributed by atoms with Crippen LogP contribution in [-0.2, 0) is 11.2 Å². The quantitative estimate of drug-likeness (QED) is 0.771. The van der Waals surface area contributed by atoms with Crippen molar-refractivity contribution < 1.29 is 4.74 Å². The fourth-order valence-electron chi connectivity index (χ4n) is 2.21. The molecular weight excluding hydrogens is 230 g/mol. The SMILES string of the molecule is CCCN1CCOC(c2n[nH]c(CCCN)n2)C1. The molecule has 0 aromatic carbocycles. The summed E-state index contributed by atoms with van der Waals surface area (Å²) >= 11 is 0. The second-order valence-corrected chi connectivity index (χ2v) is 4.69. The molecule has 0 bridgehead atoms. The number of rotatable bonds is 6. The average Bonchev–Trinajstić information content (AvgIpc) is 2.86. The monoisotopic (exact) mass is 253 g/mol. The first-order chi connectivity index (χ1) is 8.83. The molecule has 1 unspecified atom stereocenters. The van der Waals surface area contributed by atoms with E-state index in [2.05, 4.69) is 27.0 Å². The van der Waals surface area contributed by atoms with Crippen LogP contribution in [0.15, 0.2) is 0 Å². The summed E-state index contributed by atoms with van der Waals surface area (Å²) in [6.07, 6.45) is 2.97. The van der Waals surface area contributed by atoms with Gasteiger partial charge in [0.05, 0.1) is 6.61 Å². The van der Waals surface area contributed by atoms with Crippen molar-refractivity contribution in [2.45, 2.75) is 32.3 Å². The van der Waals surface area contributed by atoms with Crippen LogP contribution in [0, 0.1) is 0 Å². The van der Waals surface area contributed by atoms with Crippen LogP contribution in [-0.4, -0.2) is 52.9 Å². The summed E-state index contributed by atoms with van der Waals surface area (Å²) in [5, 5.41) is 7.23. The van der Waals surface area contributed by atoms with Gasteiger partial charge in [0.25, 0.3) is 0 Å². The molecular formula is C12H23N5O. The zero-order valence-electron chi connectivity index (χ0n) is 11.1. The van der Waals surface area contributed by atoms with E-state index in [0.717, 1.165) is 50.7 Å². The van der Waals surface area contributed by atoms with E-state index < -0.39 is 0 Å². The number of aromatic amines is 1. The van der Waals surface area contributed by atoms with Gasteiger partial charge in [0, 0.05) is 19.5 Å². The Hall–Kier alpha value is -0.980. The van der Waals surface area contributed by atoms with Gasteiger partial charge in [-0.05, 0) is 25.9 Å². The zero-order chi connectivity index (χ0) is 12.8. The number of hydrogen-bond donors (Lipinski definition) is 2. The van der Waals surface area contributed by atoms with E-state index in [-0.39, 0.29) is 6.10 Å². The summed E-state index contributed by atoms with van der Waals surface area (Å²) < 4.78 is 5.75. The van der Waals surface area contributed by atoms with Gasteiger partial charge in [0.15, 0.2) is 5.82 Å². The van der Waals surface area contributed by atoms with Gasteiger partial charge in [-0.1, -0.05) is 6.92 Å². The molecule has 1 atom stereocenters. The van der Waals surface area contributed by atoms with Gasteiger partial charge >= 0.3 is 0 Å². The summed E-state index contributed by atoms with van der Waals surface area (Å²) in [5.41, 5.74) is 5.48. The molecule has 2 heterocycles. The van der Waals surface area contributed by atoms with Crippen molar-refractivity contribution in [2.24, 2.45) is 5.73 Å². The van der Waals surface area contributed by atoms with Crippen molar-refractivity contribution >= 4 is 0 Å². The minimum Gasteiger partial charge on any atom is -0.367 e. The lowest BCUT2D eigenvalue weighted by atomic mass is 10.2. The van der Waals surface area contributed by atoms with Crippen molar-refractivity contribution in [1.29, 1.82) is 0 Å². The Morgan fingerprint density at radius 3 is 3.22 bits per heavy atom. The molecule has 1 aliphatic heterocycles. The predicted molar refractivity (Wildman–Crippen MR) is 69.2 cm³/mol. The molecule has 0 spiro atoms. The number of nitrogens with two attached hydrogens (primary N) is 1. The molecule has 0 amide bonds. The topological polar surface area (TPSA) is 80.1 Å². The van der Waals surface area contributed by atoms with Crippen LogP contribution in [0.4, 0.5) is 0 Å². The highest BCUT2D eigenvalue weighted by Crippen LogP contribution is 2.19. The van der Waals surface area contributed by atoms with Crippen LogP contribution < -0.4 is 5.73 Å². The minimum absolute atomic E-state index is 0.00757. The molecule has 1 saturated heterocycles. The Morgan fingerprint density at radius 2 is 2.44 bits per heavy atom. The Labute approximate surface area is 108 Å². The molecule has 0 saturated carbocycles. The van der Waals surface area contributed by atoms with Gasteiger partial charge in [-0.2, -0.15) is 5.10 Å². The Kier molecular flexibility index (Phi) is 5.10. The smallest absolute Gasteiger partial charge is 0.180 e. The number of nitrogens with zero attached hydrogens (tertiary/aromatic N) is 3. The molecule has 0 radical (unpaired) electrons. The molecule has 1 aliphatic rings. The molecule has 18 heavy (non-hydrogen) atoms. The predicted octanol–water partition coefficient (Wildman–Crippen LogP) is 0.479. The van der Waals surface area contributed by atoms with E-state index in [0.29, 0.717) is 6.54 Å². The first kappa shape index (κ1) is 13.5. The maximum atomic E-state index is 5.75. The van der Waals surface area contributed by atoms with Gasteiger partial charge in [-0.15, -0.1) is 0 Å². The molecule has 1 fully saturated rings. The fourth-order valence-corrected chi connectivity index (χ4v) is 2.21. The summed E-state index contributed by atoms with van der Waals surface area (Å²) in [4.78, 5) is 6.90. The molecule has 6 nitrogen and oxygen atoms in total. The Bertz CT molecular complexity index is 352. The van der Waals surface area contributed by atoms with Crippen molar-refractivity contribution in [3.63, 3.8) is 0 Å². The second kappa shape index (κ2) is 6.82. The summed E-state index contributed by atoms with van der Waals surface area (Å²) in [7, 11) is 0. The Morgan fingerprint density at radius 1 is 1.56 bits per heavy atom. The normalized spacial score (nSPS) is 21.3.